The number of aryl methyl sites for hydroxylation is 1. The normalized spacial score (nSPS) is 10.9. The quantitative estimate of drug-likeness (QED) is 0.550. The van der Waals surface area contributed by atoms with Gasteiger partial charge in [-0.1, -0.05) is 17.7 Å². The van der Waals surface area contributed by atoms with Gasteiger partial charge in [0, 0.05) is 12.6 Å². The van der Waals surface area contributed by atoms with E-state index in [-0.39, 0.29) is 11.5 Å². The summed E-state index contributed by atoms with van der Waals surface area (Å²) in [5, 5.41) is 13.7. The highest BCUT2D eigenvalue weighted by molar-refractivity contribution is 6.34. The van der Waals surface area contributed by atoms with Crippen LogP contribution in [0.5, 0.6) is 0 Å². The summed E-state index contributed by atoms with van der Waals surface area (Å²) in [6.07, 6.45) is 0. The molecule has 0 aliphatic heterocycles. The van der Waals surface area contributed by atoms with E-state index in [0.29, 0.717) is 10.7 Å². The Morgan fingerprint density at radius 2 is 1.95 bits per heavy atom. The van der Waals surface area contributed by atoms with E-state index in [9.17, 15) is 4.79 Å². The standard InChI is InChI=1S/C14H21ClN4O/c1-9-6-7-11(10(15)8-9)19(5)12(16)17-13(20)18-14(2,3)4/h6-8H,1-5H3,(H3,16,17,18,20). The molecule has 5 nitrogen and oxygen atoms in total. The molecule has 0 radical (unpaired) electrons. The molecule has 0 aliphatic rings. The number of anilines is 1. The number of carbonyl (C=O) groups is 1. The fourth-order valence-corrected chi connectivity index (χ4v) is 1.93. The first-order valence-electron chi connectivity index (χ1n) is 6.28. The molecule has 6 heteroatoms. The summed E-state index contributed by atoms with van der Waals surface area (Å²) in [6, 6.07) is 5.11. The van der Waals surface area contributed by atoms with Crippen LogP contribution in [-0.2, 0) is 0 Å². The topological polar surface area (TPSA) is 68.2 Å². The van der Waals surface area contributed by atoms with Crippen molar-refractivity contribution in [3.63, 3.8) is 0 Å². The molecular formula is C14H21ClN4O. The van der Waals surface area contributed by atoms with Gasteiger partial charge in [-0.15, -0.1) is 0 Å². The Kier molecular flexibility index (Phi) is 5.00. The minimum atomic E-state index is -0.419. The van der Waals surface area contributed by atoms with E-state index >= 15 is 0 Å². The van der Waals surface area contributed by atoms with E-state index in [1.807, 2.05) is 45.9 Å². The molecule has 2 amide bonds. The van der Waals surface area contributed by atoms with Crippen LogP contribution >= 0.6 is 11.6 Å². The molecule has 0 aromatic heterocycles. The first-order valence-corrected chi connectivity index (χ1v) is 6.65. The Morgan fingerprint density at radius 1 is 1.35 bits per heavy atom. The molecule has 0 saturated heterocycles. The number of rotatable bonds is 1. The van der Waals surface area contributed by atoms with Crippen molar-refractivity contribution in [2.75, 3.05) is 11.9 Å². The van der Waals surface area contributed by atoms with Gasteiger partial charge >= 0.3 is 6.03 Å². The van der Waals surface area contributed by atoms with E-state index in [1.165, 1.54) is 4.90 Å². The third-order valence-corrected chi connectivity index (χ3v) is 2.82. The second-order valence-corrected chi connectivity index (χ2v) is 6.10. The van der Waals surface area contributed by atoms with Crippen LogP contribution in [0.1, 0.15) is 26.3 Å². The van der Waals surface area contributed by atoms with Gasteiger partial charge in [0.05, 0.1) is 10.7 Å². The third kappa shape index (κ3) is 4.74. The van der Waals surface area contributed by atoms with E-state index < -0.39 is 6.03 Å². The highest BCUT2D eigenvalue weighted by atomic mass is 35.5. The second-order valence-electron chi connectivity index (χ2n) is 5.69. The molecule has 0 spiro atoms. The average Bonchev–Trinajstić information content (AvgIpc) is 2.25. The summed E-state index contributed by atoms with van der Waals surface area (Å²) in [7, 11) is 1.68. The highest BCUT2D eigenvalue weighted by Gasteiger charge is 2.17. The Labute approximate surface area is 124 Å². The van der Waals surface area contributed by atoms with Gasteiger partial charge in [-0.3, -0.25) is 10.7 Å². The van der Waals surface area contributed by atoms with Gasteiger partial charge in [0.1, 0.15) is 0 Å². The summed E-state index contributed by atoms with van der Waals surface area (Å²) in [5.41, 5.74) is 1.35. The zero-order valence-electron chi connectivity index (χ0n) is 12.5. The molecule has 110 valence electrons. The van der Waals surface area contributed by atoms with Crippen molar-refractivity contribution in [2.45, 2.75) is 33.2 Å². The number of halogens is 1. The third-order valence-electron chi connectivity index (χ3n) is 2.52. The van der Waals surface area contributed by atoms with Gasteiger partial charge in [-0.2, -0.15) is 0 Å². The molecule has 0 fully saturated rings. The highest BCUT2D eigenvalue weighted by Crippen LogP contribution is 2.25. The lowest BCUT2D eigenvalue weighted by Crippen LogP contribution is -2.51. The van der Waals surface area contributed by atoms with Crippen molar-refractivity contribution in [3.05, 3.63) is 28.8 Å². The van der Waals surface area contributed by atoms with E-state index in [2.05, 4.69) is 10.6 Å². The molecule has 0 atom stereocenters. The van der Waals surface area contributed by atoms with Crippen LogP contribution in [0.3, 0.4) is 0 Å². The lowest BCUT2D eigenvalue weighted by molar-refractivity contribution is 0.236. The maximum atomic E-state index is 11.7. The van der Waals surface area contributed by atoms with Gasteiger partial charge in [0.25, 0.3) is 0 Å². The summed E-state index contributed by atoms with van der Waals surface area (Å²) < 4.78 is 0. The number of guanidine groups is 1. The van der Waals surface area contributed by atoms with Gasteiger partial charge in [0.2, 0.25) is 5.96 Å². The molecule has 20 heavy (non-hydrogen) atoms. The number of amides is 2. The zero-order valence-corrected chi connectivity index (χ0v) is 13.2. The Morgan fingerprint density at radius 3 is 2.45 bits per heavy atom. The minimum absolute atomic E-state index is 0.0440. The lowest BCUT2D eigenvalue weighted by Gasteiger charge is -2.24. The van der Waals surface area contributed by atoms with Crippen molar-refractivity contribution in [3.8, 4) is 0 Å². The van der Waals surface area contributed by atoms with Crippen LogP contribution in [0, 0.1) is 12.3 Å². The summed E-state index contributed by atoms with van der Waals surface area (Å²) >= 11 is 6.14. The number of urea groups is 1. The van der Waals surface area contributed by atoms with Crippen molar-refractivity contribution in [1.82, 2.24) is 10.6 Å². The van der Waals surface area contributed by atoms with E-state index in [4.69, 9.17) is 17.0 Å². The number of benzene rings is 1. The maximum Gasteiger partial charge on any atom is 0.321 e. The van der Waals surface area contributed by atoms with Crippen LogP contribution < -0.4 is 15.5 Å². The monoisotopic (exact) mass is 296 g/mol. The molecule has 0 bridgehead atoms. The van der Waals surface area contributed by atoms with E-state index in [1.54, 1.807) is 7.05 Å². The number of hydrogen-bond acceptors (Lipinski definition) is 2. The van der Waals surface area contributed by atoms with Crippen LogP contribution in [0.25, 0.3) is 0 Å². The van der Waals surface area contributed by atoms with Crippen molar-refractivity contribution < 1.29 is 4.79 Å². The number of nitrogens with zero attached hydrogens (tertiary/aromatic N) is 1. The molecule has 1 aromatic carbocycles. The Bertz CT molecular complexity index is 522. The summed E-state index contributed by atoms with van der Waals surface area (Å²) in [5.74, 6) is -0.0440. The Hall–Kier alpha value is -1.75. The van der Waals surface area contributed by atoms with Crippen molar-refractivity contribution >= 4 is 29.3 Å². The zero-order chi connectivity index (χ0) is 15.5. The molecule has 3 N–H and O–H groups in total. The predicted octanol–water partition coefficient (Wildman–Crippen LogP) is 3.12. The van der Waals surface area contributed by atoms with Crippen LogP contribution in [0.15, 0.2) is 18.2 Å². The molecule has 0 unspecified atom stereocenters. The SMILES string of the molecule is Cc1ccc(N(C)C(=N)NC(=O)NC(C)(C)C)c(Cl)c1. The molecule has 0 heterocycles. The number of carbonyl (C=O) groups excluding carboxylic acids is 1. The molecule has 0 saturated carbocycles. The maximum absolute atomic E-state index is 11.7. The van der Waals surface area contributed by atoms with Crippen molar-refractivity contribution in [1.29, 1.82) is 5.41 Å². The van der Waals surface area contributed by atoms with Crippen LogP contribution in [0.2, 0.25) is 5.02 Å². The fraction of sp³-hybridized carbons (Fsp3) is 0.429. The van der Waals surface area contributed by atoms with Gasteiger partial charge in [0.15, 0.2) is 0 Å². The van der Waals surface area contributed by atoms with Gasteiger partial charge in [-0.05, 0) is 45.4 Å². The first kappa shape index (κ1) is 16.3. The summed E-state index contributed by atoms with van der Waals surface area (Å²) in [4.78, 5) is 13.2. The first-order chi connectivity index (χ1) is 9.10. The predicted molar refractivity (Wildman–Crippen MR) is 83.7 cm³/mol. The Balaban J connectivity index is 2.75. The molecule has 1 aromatic rings. The van der Waals surface area contributed by atoms with Crippen LogP contribution in [0.4, 0.5) is 10.5 Å². The van der Waals surface area contributed by atoms with E-state index in [0.717, 1.165) is 5.56 Å². The minimum Gasteiger partial charge on any atom is -0.333 e. The number of nitrogens with one attached hydrogen (secondary N) is 3. The largest absolute Gasteiger partial charge is 0.333 e. The van der Waals surface area contributed by atoms with Crippen molar-refractivity contribution in [2.24, 2.45) is 0 Å². The smallest absolute Gasteiger partial charge is 0.321 e. The van der Waals surface area contributed by atoms with Crippen LogP contribution in [-0.4, -0.2) is 24.6 Å². The second kappa shape index (κ2) is 6.13. The molecule has 1 rings (SSSR count). The summed E-state index contributed by atoms with van der Waals surface area (Å²) in [6.45, 7) is 7.56. The molecule has 0 aliphatic carbocycles. The lowest BCUT2D eigenvalue weighted by atomic mass is 10.1. The molecular weight excluding hydrogens is 276 g/mol. The number of hydrogen-bond donors (Lipinski definition) is 3. The van der Waals surface area contributed by atoms with Gasteiger partial charge in [-0.25, -0.2) is 4.79 Å². The van der Waals surface area contributed by atoms with Gasteiger partial charge < -0.3 is 10.2 Å². The average molecular weight is 297 g/mol. The fourth-order valence-electron chi connectivity index (χ4n) is 1.57.